The first kappa shape index (κ1) is 16.3. The van der Waals surface area contributed by atoms with E-state index >= 15 is 0 Å². The Balaban J connectivity index is 2.25. The van der Waals surface area contributed by atoms with Crippen molar-refractivity contribution in [3.63, 3.8) is 0 Å². The smallest absolute Gasteiger partial charge is 0.243 e. The fourth-order valence-corrected chi connectivity index (χ4v) is 4.09. The van der Waals surface area contributed by atoms with E-state index in [0.29, 0.717) is 19.5 Å². The molecule has 1 aliphatic heterocycles. The first-order valence-electron chi connectivity index (χ1n) is 7.13. The monoisotopic (exact) mass is 318 g/mol. The molecule has 1 atom stereocenters. The third-order valence-electron chi connectivity index (χ3n) is 3.59. The Morgan fingerprint density at radius 3 is 2.67 bits per heavy atom. The number of nitrogens with zero attached hydrogens (tertiary/aromatic N) is 1. The lowest BCUT2D eigenvalue weighted by atomic mass is 10.2. The fraction of sp³-hybridized carbons (Fsp3) is 0.571. The van der Waals surface area contributed by atoms with Gasteiger partial charge in [-0.15, -0.1) is 0 Å². The summed E-state index contributed by atoms with van der Waals surface area (Å²) < 4.78 is 52.8. The molecule has 1 N–H and O–H groups in total. The van der Waals surface area contributed by atoms with Crippen LogP contribution in [-0.2, 0) is 10.0 Å². The van der Waals surface area contributed by atoms with Crippen LogP contribution in [0.3, 0.4) is 0 Å². The Kier molecular flexibility index (Phi) is 5.29. The molecule has 118 valence electrons. The van der Waals surface area contributed by atoms with E-state index in [1.165, 1.54) is 4.31 Å². The van der Waals surface area contributed by atoms with E-state index in [9.17, 15) is 17.2 Å². The first-order chi connectivity index (χ1) is 9.95. The van der Waals surface area contributed by atoms with Crippen molar-refractivity contribution in [2.45, 2.75) is 37.1 Å². The van der Waals surface area contributed by atoms with Crippen LogP contribution in [0.1, 0.15) is 26.2 Å². The Morgan fingerprint density at radius 2 is 2.10 bits per heavy atom. The molecule has 0 amide bonds. The van der Waals surface area contributed by atoms with Crippen molar-refractivity contribution < 1.29 is 17.2 Å². The second-order valence-corrected chi connectivity index (χ2v) is 7.17. The van der Waals surface area contributed by atoms with E-state index in [1.807, 2.05) is 6.92 Å². The van der Waals surface area contributed by atoms with Crippen LogP contribution in [0.2, 0.25) is 0 Å². The molecule has 7 heteroatoms. The number of hydrogen-bond donors (Lipinski definition) is 1. The largest absolute Gasteiger partial charge is 0.313 e. The van der Waals surface area contributed by atoms with Crippen LogP contribution in [0.4, 0.5) is 8.78 Å². The van der Waals surface area contributed by atoms with Crippen molar-refractivity contribution in [3.8, 4) is 0 Å². The quantitative estimate of drug-likeness (QED) is 0.874. The highest BCUT2D eigenvalue weighted by Crippen LogP contribution is 2.20. The van der Waals surface area contributed by atoms with Gasteiger partial charge in [-0.05, 0) is 44.0 Å². The van der Waals surface area contributed by atoms with Crippen molar-refractivity contribution >= 4 is 10.0 Å². The summed E-state index contributed by atoms with van der Waals surface area (Å²) in [7, 11) is -3.80. The molecule has 0 saturated carbocycles. The average Bonchev–Trinajstić information content (AvgIpc) is 2.94. The first-order valence-corrected chi connectivity index (χ1v) is 8.57. The third-order valence-corrected chi connectivity index (χ3v) is 5.45. The van der Waals surface area contributed by atoms with Crippen LogP contribution in [0.5, 0.6) is 0 Å². The Bertz CT molecular complexity index is 587. The topological polar surface area (TPSA) is 49.4 Å². The summed E-state index contributed by atoms with van der Waals surface area (Å²) in [5, 5.41) is 3.25. The lowest BCUT2D eigenvalue weighted by Crippen LogP contribution is -2.41. The Morgan fingerprint density at radius 1 is 1.33 bits per heavy atom. The minimum atomic E-state index is -3.80. The standard InChI is InChI=1S/C14H20F2N2O2S/c1-2-8-18(10-11-4-3-7-17-11)21(19,20)12-5-6-13(15)14(16)9-12/h5-6,9,11,17H,2-4,7-8,10H2,1H3. The molecule has 1 aromatic carbocycles. The van der Waals surface area contributed by atoms with Crippen LogP contribution >= 0.6 is 0 Å². The van der Waals surface area contributed by atoms with Crippen LogP contribution < -0.4 is 5.32 Å². The molecule has 1 heterocycles. The number of rotatable bonds is 6. The molecule has 21 heavy (non-hydrogen) atoms. The van der Waals surface area contributed by atoms with E-state index < -0.39 is 21.7 Å². The zero-order chi connectivity index (χ0) is 15.5. The van der Waals surface area contributed by atoms with Gasteiger partial charge >= 0.3 is 0 Å². The van der Waals surface area contributed by atoms with E-state index in [2.05, 4.69) is 5.32 Å². The van der Waals surface area contributed by atoms with Gasteiger partial charge in [-0.2, -0.15) is 4.31 Å². The second-order valence-electron chi connectivity index (χ2n) is 5.23. The molecule has 0 aromatic heterocycles. The second kappa shape index (κ2) is 6.81. The fourth-order valence-electron chi connectivity index (χ4n) is 2.50. The Labute approximate surface area is 124 Å². The van der Waals surface area contributed by atoms with Gasteiger partial charge in [0.05, 0.1) is 4.90 Å². The van der Waals surface area contributed by atoms with Gasteiger partial charge in [0.15, 0.2) is 11.6 Å². The molecule has 1 aliphatic rings. The van der Waals surface area contributed by atoms with E-state index in [1.54, 1.807) is 0 Å². The lowest BCUT2D eigenvalue weighted by Gasteiger charge is -2.25. The summed E-state index contributed by atoms with van der Waals surface area (Å²) in [5.74, 6) is -2.19. The molecule has 1 fully saturated rings. The van der Waals surface area contributed by atoms with Gasteiger partial charge in [0.2, 0.25) is 10.0 Å². The molecule has 0 bridgehead atoms. The van der Waals surface area contributed by atoms with Gasteiger partial charge in [0, 0.05) is 19.1 Å². The number of hydrogen-bond acceptors (Lipinski definition) is 3. The highest BCUT2D eigenvalue weighted by atomic mass is 32.2. The molecular formula is C14H20F2N2O2S. The molecule has 0 radical (unpaired) electrons. The van der Waals surface area contributed by atoms with Crippen LogP contribution in [-0.4, -0.2) is 38.4 Å². The molecule has 4 nitrogen and oxygen atoms in total. The molecular weight excluding hydrogens is 298 g/mol. The molecule has 1 saturated heterocycles. The zero-order valence-electron chi connectivity index (χ0n) is 12.0. The van der Waals surface area contributed by atoms with Gasteiger partial charge in [0.25, 0.3) is 0 Å². The maximum atomic E-state index is 13.3. The minimum absolute atomic E-state index is 0.122. The number of benzene rings is 1. The van der Waals surface area contributed by atoms with Crippen molar-refractivity contribution in [2.24, 2.45) is 0 Å². The summed E-state index contributed by atoms with van der Waals surface area (Å²) in [6.45, 7) is 3.49. The normalized spacial score (nSPS) is 19.3. The number of sulfonamides is 1. The summed E-state index contributed by atoms with van der Waals surface area (Å²) >= 11 is 0. The summed E-state index contributed by atoms with van der Waals surface area (Å²) in [6.07, 6.45) is 2.61. The van der Waals surface area contributed by atoms with Gasteiger partial charge in [0.1, 0.15) is 0 Å². The maximum absolute atomic E-state index is 13.3. The summed E-state index contributed by atoms with van der Waals surface area (Å²) in [5.41, 5.74) is 0. The number of nitrogens with one attached hydrogen (secondary N) is 1. The zero-order valence-corrected chi connectivity index (χ0v) is 12.8. The van der Waals surface area contributed by atoms with Gasteiger partial charge in [-0.25, -0.2) is 17.2 Å². The van der Waals surface area contributed by atoms with E-state index in [-0.39, 0.29) is 10.9 Å². The molecule has 1 aromatic rings. The molecule has 0 aliphatic carbocycles. The molecule has 1 unspecified atom stereocenters. The van der Waals surface area contributed by atoms with Gasteiger partial charge in [-0.3, -0.25) is 0 Å². The van der Waals surface area contributed by atoms with Crippen molar-refractivity contribution in [2.75, 3.05) is 19.6 Å². The Hall–Kier alpha value is -1.05. The lowest BCUT2D eigenvalue weighted by molar-refractivity contribution is 0.369. The van der Waals surface area contributed by atoms with Crippen LogP contribution in [0.25, 0.3) is 0 Å². The SMILES string of the molecule is CCCN(CC1CCCN1)S(=O)(=O)c1ccc(F)c(F)c1. The minimum Gasteiger partial charge on any atom is -0.313 e. The predicted molar refractivity (Wildman–Crippen MR) is 76.4 cm³/mol. The van der Waals surface area contributed by atoms with Crippen molar-refractivity contribution in [1.82, 2.24) is 9.62 Å². The van der Waals surface area contributed by atoms with Gasteiger partial charge in [-0.1, -0.05) is 6.92 Å². The highest BCUT2D eigenvalue weighted by molar-refractivity contribution is 7.89. The van der Waals surface area contributed by atoms with Crippen LogP contribution in [0, 0.1) is 11.6 Å². The van der Waals surface area contributed by atoms with Crippen molar-refractivity contribution in [1.29, 1.82) is 0 Å². The van der Waals surface area contributed by atoms with Gasteiger partial charge < -0.3 is 5.32 Å². The number of halogens is 2. The maximum Gasteiger partial charge on any atom is 0.243 e. The summed E-state index contributed by atoms with van der Waals surface area (Å²) in [4.78, 5) is -0.201. The van der Waals surface area contributed by atoms with Crippen LogP contribution in [0.15, 0.2) is 23.1 Å². The molecule has 0 spiro atoms. The molecule has 2 rings (SSSR count). The summed E-state index contributed by atoms with van der Waals surface area (Å²) in [6, 6.07) is 2.82. The van der Waals surface area contributed by atoms with E-state index in [0.717, 1.165) is 37.6 Å². The van der Waals surface area contributed by atoms with Crippen molar-refractivity contribution in [3.05, 3.63) is 29.8 Å². The predicted octanol–water partition coefficient (Wildman–Crippen LogP) is 2.12. The third kappa shape index (κ3) is 3.78. The average molecular weight is 318 g/mol. The van der Waals surface area contributed by atoms with E-state index in [4.69, 9.17) is 0 Å². The highest BCUT2D eigenvalue weighted by Gasteiger charge is 2.28.